The number of aliphatic hydroxyl groups is 1. The van der Waals surface area contributed by atoms with E-state index in [-0.39, 0.29) is 12.4 Å². The van der Waals surface area contributed by atoms with Crippen LogP contribution in [0.3, 0.4) is 0 Å². The van der Waals surface area contributed by atoms with Gasteiger partial charge in [0.15, 0.2) is 0 Å². The zero-order valence-corrected chi connectivity index (χ0v) is 13.6. The van der Waals surface area contributed by atoms with Gasteiger partial charge in [-0.3, -0.25) is 4.79 Å². The topological polar surface area (TPSA) is 55.8 Å². The number of ether oxygens (including phenoxy) is 2. The Balaban J connectivity index is 1.89. The van der Waals surface area contributed by atoms with Crippen molar-refractivity contribution < 1.29 is 19.4 Å². The largest absolute Gasteiger partial charge is 0.466 e. The Morgan fingerprint density at radius 3 is 2.22 bits per heavy atom. The highest BCUT2D eigenvalue weighted by atomic mass is 35.5. The van der Waals surface area contributed by atoms with E-state index in [9.17, 15) is 9.90 Å². The van der Waals surface area contributed by atoms with E-state index in [2.05, 4.69) is 0 Å². The van der Waals surface area contributed by atoms with Crippen molar-refractivity contribution in [1.82, 2.24) is 0 Å². The van der Waals surface area contributed by atoms with Crippen molar-refractivity contribution >= 4 is 17.6 Å². The van der Waals surface area contributed by atoms with E-state index in [0.29, 0.717) is 29.5 Å². The van der Waals surface area contributed by atoms with Crippen LogP contribution in [0.25, 0.3) is 0 Å². The summed E-state index contributed by atoms with van der Waals surface area (Å²) in [5.41, 5.74) is 0.922. The number of benzene rings is 2. The van der Waals surface area contributed by atoms with Gasteiger partial charge in [0.1, 0.15) is 11.5 Å². The number of hydrogen-bond donors (Lipinski definition) is 1. The first-order chi connectivity index (χ1) is 11.1. The van der Waals surface area contributed by atoms with Gasteiger partial charge in [-0.1, -0.05) is 23.7 Å². The lowest BCUT2D eigenvalue weighted by molar-refractivity contribution is -0.145. The molecule has 2 aromatic rings. The summed E-state index contributed by atoms with van der Waals surface area (Å²) >= 11 is 5.83. The summed E-state index contributed by atoms with van der Waals surface area (Å²) in [6.07, 6.45) is -0.367. The molecule has 0 saturated carbocycles. The van der Waals surface area contributed by atoms with Crippen molar-refractivity contribution in [3.05, 3.63) is 59.1 Å². The Hall–Kier alpha value is -2.04. The molecule has 2 rings (SSSR count). The average Bonchev–Trinajstić information content (AvgIpc) is 2.51. The molecule has 1 atom stereocenters. The molecule has 2 aromatic carbocycles. The molecule has 0 heterocycles. The second-order valence-electron chi connectivity index (χ2n) is 5.07. The van der Waals surface area contributed by atoms with E-state index in [4.69, 9.17) is 21.1 Å². The van der Waals surface area contributed by atoms with E-state index in [0.717, 1.165) is 5.56 Å². The smallest absolute Gasteiger partial charge is 0.308 e. The summed E-state index contributed by atoms with van der Waals surface area (Å²) in [7, 11) is 0. The van der Waals surface area contributed by atoms with Crippen LogP contribution in [0.2, 0.25) is 5.02 Å². The molecule has 0 aliphatic carbocycles. The molecule has 23 heavy (non-hydrogen) atoms. The fourth-order valence-electron chi connectivity index (χ4n) is 2.09. The number of esters is 1. The minimum absolute atomic E-state index is 0.00311. The van der Waals surface area contributed by atoms with Gasteiger partial charge in [0, 0.05) is 5.02 Å². The predicted molar refractivity (Wildman–Crippen MR) is 88.9 cm³/mol. The van der Waals surface area contributed by atoms with Crippen molar-refractivity contribution in [3.63, 3.8) is 0 Å². The van der Waals surface area contributed by atoms with Crippen LogP contribution in [0.4, 0.5) is 0 Å². The normalized spacial score (nSPS) is 11.8. The lowest BCUT2D eigenvalue weighted by Gasteiger charge is -2.11. The molecule has 0 radical (unpaired) electrons. The number of halogens is 1. The van der Waals surface area contributed by atoms with Crippen molar-refractivity contribution in [1.29, 1.82) is 0 Å². The Bertz CT molecular complexity index is 622. The van der Waals surface area contributed by atoms with Gasteiger partial charge in [-0.05, 0) is 55.3 Å². The molecule has 1 N–H and O–H groups in total. The number of aliphatic hydroxyl groups excluding tert-OH is 1. The van der Waals surface area contributed by atoms with E-state index in [1.54, 1.807) is 31.2 Å². The highest BCUT2D eigenvalue weighted by molar-refractivity contribution is 6.30. The maximum Gasteiger partial charge on any atom is 0.308 e. The van der Waals surface area contributed by atoms with E-state index < -0.39 is 6.10 Å². The fourth-order valence-corrected chi connectivity index (χ4v) is 2.21. The van der Waals surface area contributed by atoms with Crippen LogP contribution < -0.4 is 4.74 Å². The molecule has 0 amide bonds. The lowest BCUT2D eigenvalue weighted by Crippen LogP contribution is -2.18. The number of carbonyl (C=O) groups is 1. The Morgan fingerprint density at radius 2 is 1.65 bits per heavy atom. The zero-order valence-electron chi connectivity index (χ0n) is 12.9. The third-order valence-corrected chi connectivity index (χ3v) is 3.40. The summed E-state index contributed by atoms with van der Waals surface area (Å²) in [4.78, 5) is 11.3. The van der Waals surface area contributed by atoms with Gasteiger partial charge in [0.25, 0.3) is 0 Å². The number of rotatable bonds is 7. The van der Waals surface area contributed by atoms with Crippen LogP contribution in [0.5, 0.6) is 11.5 Å². The van der Waals surface area contributed by atoms with Crippen LogP contribution in [0, 0.1) is 0 Å². The molecule has 5 heteroatoms. The molecule has 0 aromatic heterocycles. The van der Waals surface area contributed by atoms with Crippen LogP contribution in [-0.2, 0) is 16.0 Å². The van der Waals surface area contributed by atoms with Gasteiger partial charge in [-0.2, -0.15) is 0 Å². The van der Waals surface area contributed by atoms with Crippen molar-refractivity contribution in [3.8, 4) is 11.5 Å². The molecule has 0 aliphatic rings. The Morgan fingerprint density at radius 1 is 1.09 bits per heavy atom. The van der Waals surface area contributed by atoms with Gasteiger partial charge >= 0.3 is 5.97 Å². The van der Waals surface area contributed by atoms with Gasteiger partial charge in [0.05, 0.1) is 19.1 Å². The molecule has 1 unspecified atom stereocenters. The molecule has 0 saturated heterocycles. The van der Waals surface area contributed by atoms with Gasteiger partial charge in [-0.15, -0.1) is 0 Å². The number of carbonyl (C=O) groups excluding carboxylic acids is 1. The maximum atomic E-state index is 11.3. The summed E-state index contributed by atoms with van der Waals surface area (Å²) in [6.45, 7) is 2.06. The van der Waals surface area contributed by atoms with Crippen molar-refractivity contribution in [2.75, 3.05) is 6.61 Å². The third kappa shape index (κ3) is 5.93. The van der Waals surface area contributed by atoms with Crippen LogP contribution in [0.15, 0.2) is 48.5 Å². The molecule has 0 aliphatic heterocycles. The summed E-state index contributed by atoms with van der Waals surface area (Å²) < 4.78 is 10.5. The highest BCUT2D eigenvalue weighted by Gasteiger charge is 2.12. The highest BCUT2D eigenvalue weighted by Crippen LogP contribution is 2.23. The standard InChI is InChI=1S/C18H19ClO4/c1-2-22-18(21)12-15(20)11-13-3-7-16(8-4-13)23-17-9-5-14(19)6-10-17/h3-10,15,20H,2,11-12H2,1H3. The minimum atomic E-state index is -0.753. The Labute approximate surface area is 140 Å². The van der Waals surface area contributed by atoms with Gasteiger partial charge in [0.2, 0.25) is 0 Å². The second-order valence-corrected chi connectivity index (χ2v) is 5.50. The first-order valence-corrected chi connectivity index (χ1v) is 7.80. The average molecular weight is 335 g/mol. The Kier molecular flexibility index (Phi) is 6.44. The molecule has 0 bridgehead atoms. The molecular formula is C18H19ClO4. The molecule has 122 valence electrons. The molecule has 0 fully saturated rings. The van der Waals surface area contributed by atoms with Gasteiger partial charge < -0.3 is 14.6 Å². The SMILES string of the molecule is CCOC(=O)CC(O)Cc1ccc(Oc2ccc(Cl)cc2)cc1. The maximum absolute atomic E-state index is 11.3. The summed E-state index contributed by atoms with van der Waals surface area (Å²) in [5.74, 6) is 1.00. The predicted octanol–water partition coefficient (Wildman–Crippen LogP) is 3.99. The van der Waals surface area contributed by atoms with E-state index in [1.165, 1.54) is 0 Å². The first kappa shape index (κ1) is 17.3. The van der Waals surface area contributed by atoms with Crippen molar-refractivity contribution in [2.24, 2.45) is 0 Å². The molecule has 4 nitrogen and oxygen atoms in total. The second kappa shape index (κ2) is 8.56. The van der Waals surface area contributed by atoms with Crippen molar-refractivity contribution in [2.45, 2.75) is 25.9 Å². The van der Waals surface area contributed by atoms with Crippen LogP contribution >= 0.6 is 11.6 Å². The first-order valence-electron chi connectivity index (χ1n) is 7.43. The van der Waals surface area contributed by atoms with Crippen LogP contribution in [0.1, 0.15) is 18.9 Å². The van der Waals surface area contributed by atoms with Crippen LogP contribution in [-0.4, -0.2) is 23.8 Å². The quantitative estimate of drug-likeness (QED) is 0.778. The monoisotopic (exact) mass is 334 g/mol. The van der Waals surface area contributed by atoms with Gasteiger partial charge in [-0.25, -0.2) is 0 Å². The van der Waals surface area contributed by atoms with E-state index >= 15 is 0 Å². The molecule has 0 spiro atoms. The zero-order chi connectivity index (χ0) is 16.7. The molecular weight excluding hydrogens is 316 g/mol. The fraction of sp³-hybridized carbons (Fsp3) is 0.278. The summed E-state index contributed by atoms with van der Waals surface area (Å²) in [5, 5.41) is 10.5. The lowest BCUT2D eigenvalue weighted by atomic mass is 10.1. The third-order valence-electron chi connectivity index (χ3n) is 3.15. The minimum Gasteiger partial charge on any atom is -0.466 e. The number of hydrogen-bond acceptors (Lipinski definition) is 4. The van der Waals surface area contributed by atoms with E-state index in [1.807, 2.05) is 24.3 Å². The summed E-state index contributed by atoms with van der Waals surface area (Å²) in [6, 6.07) is 14.5.